The van der Waals surface area contributed by atoms with E-state index in [4.69, 9.17) is 5.26 Å². The van der Waals surface area contributed by atoms with E-state index in [1.165, 1.54) is 0 Å². The maximum absolute atomic E-state index is 8.83. The summed E-state index contributed by atoms with van der Waals surface area (Å²) in [5.74, 6) is 1.78. The molecule has 1 aliphatic rings. The zero-order valence-corrected chi connectivity index (χ0v) is 12.5. The first-order valence-electron chi connectivity index (χ1n) is 7.25. The number of likely N-dealkylation sites (N-methyl/N-ethyl adjacent to an activating group) is 1. The van der Waals surface area contributed by atoms with Crippen LogP contribution in [0.2, 0.25) is 0 Å². The highest BCUT2D eigenvalue weighted by Gasteiger charge is 2.31. The van der Waals surface area contributed by atoms with Crippen LogP contribution in [-0.4, -0.2) is 51.0 Å². The number of rotatable bonds is 3. The van der Waals surface area contributed by atoms with Crippen molar-refractivity contribution >= 4 is 17.3 Å². The van der Waals surface area contributed by atoms with Crippen molar-refractivity contribution in [3.05, 3.63) is 42.4 Å². The molecule has 8 nitrogen and oxygen atoms in total. The van der Waals surface area contributed by atoms with Crippen molar-refractivity contribution in [2.75, 3.05) is 29.9 Å². The molecule has 8 heteroatoms. The van der Waals surface area contributed by atoms with Crippen LogP contribution in [0.4, 0.5) is 11.6 Å². The number of hydrogen-bond donors (Lipinski definition) is 0. The lowest BCUT2D eigenvalue weighted by atomic mass is 10.1. The molecule has 4 heterocycles. The van der Waals surface area contributed by atoms with Crippen molar-refractivity contribution in [3.63, 3.8) is 0 Å². The summed E-state index contributed by atoms with van der Waals surface area (Å²) in [6, 6.07) is 9.99. The summed E-state index contributed by atoms with van der Waals surface area (Å²) >= 11 is 0. The molecule has 0 amide bonds. The highest BCUT2D eigenvalue weighted by Crippen LogP contribution is 2.24. The second kappa shape index (κ2) is 5.21. The van der Waals surface area contributed by atoms with Crippen molar-refractivity contribution < 1.29 is 0 Å². The molecule has 1 aliphatic heterocycles. The summed E-state index contributed by atoms with van der Waals surface area (Å²) < 4.78 is 1.68. The van der Waals surface area contributed by atoms with Crippen LogP contribution in [0.3, 0.4) is 0 Å². The molecule has 0 N–H and O–H groups in total. The van der Waals surface area contributed by atoms with Crippen molar-refractivity contribution in [2.24, 2.45) is 0 Å². The highest BCUT2D eigenvalue weighted by atomic mass is 15.4. The van der Waals surface area contributed by atoms with E-state index >= 15 is 0 Å². The molecule has 0 aromatic carbocycles. The van der Waals surface area contributed by atoms with Gasteiger partial charge in [-0.2, -0.15) is 9.78 Å². The van der Waals surface area contributed by atoms with Gasteiger partial charge in [0.05, 0.1) is 11.6 Å². The molecule has 0 unspecified atom stereocenters. The summed E-state index contributed by atoms with van der Waals surface area (Å²) in [7, 11) is 2.02. The first kappa shape index (κ1) is 13.5. The van der Waals surface area contributed by atoms with E-state index in [1.54, 1.807) is 23.1 Å². The number of hydrogen-bond acceptors (Lipinski definition) is 7. The van der Waals surface area contributed by atoms with E-state index in [2.05, 4.69) is 36.1 Å². The van der Waals surface area contributed by atoms with Gasteiger partial charge in [0.2, 0.25) is 0 Å². The Labute approximate surface area is 132 Å². The Hall–Kier alpha value is -3.21. The molecule has 0 bridgehead atoms. The zero-order valence-electron chi connectivity index (χ0n) is 12.5. The lowest BCUT2D eigenvalue weighted by Crippen LogP contribution is -2.59. The maximum Gasteiger partial charge on any atom is 0.177 e. The number of aromatic nitrogens is 5. The van der Waals surface area contributed by atoms with Gasteiger partial charge in [0.15, 0.2) is 5.65 Å². The molecule has 4 rings (SSSR count). The second-order valence-electron chi connectivity index (χ2n) is 5.51. The lowest BCUT2D eigenvalue weighted by Gasteiger charge is -2.44. The first-order valence-corrected chi connectivity index (χ1v) is 7.25. The lowest BCUT2D eigenvalue weighted by molar-refractivity contribution is 0.487. The van der Waals surface area contributed by atoms with Crippen LogP contribution in [-0.2, 0) is 0 Å². The van der Waals surface area contributed by atoms with Gasteiger partial charge in [0, 0.05) is 26.3 Å². The molecule has 23 heavy (non-hydrogen) atoms. The summed E-state index contributed by atoms with van der Waals surface area (Å²) in [5.41, 5.74) is 1.31. The molecule has 0 atom stereocenters. The van der Waals surface area contributed by atoms with Gasteiger partial charge >= 0.3 is 0 Å². The van der Waals surface area contributed by atoms with Crippen LogP contribution in [0.5, 0.6) is 0 Å². The zero-order chi connectivity index (χ0) is 15.8. The van der Waals surface area contributed by atoms with Crippen molar-refractivity contribution in [1.29, 1.82) is 5.26 Å². The fraction of sp³-hybridized carbons (Fsp3) is 0.267. The van der Waals surface area contributed by atoms with Crippen molar-refractivity contribution in [3.8, 4) is 6.07 Å². The highest BCUT2D eigenvalue weighted by molar-refractivity contribution is 5.50. The van der Waals surface area contributed by atoms with E-state index in [0.29, 0.717) is 11.6 Å². The molecular weight excluding hydrogens is 292 g/mol. The Bertz CT molecular complexity index is 872. The molecule has 1 saturated heterocycles. The predicted molar refractivity (Wildman–Crippen MR) is 84.1 cm³/mol. The molecular formula is C15H14N8. The van der Waals surface area contributed by atoms with Gasteiger partial charge in [-0.15, -0.1) is 15.3 Å². The smallest absolute Gasteiger partial charge is 0.177 e. The van der Waals surface area contributed by atoms with Gasteiger partial charge < -0.3 is 9.80 Å². The fourth-order valence-corrected chi connectivity index (χ4v) is 2.62. The average Bonchev–Trinajstić information content (AvgIpc) is 3.01. The van der Waals surface area contributed by atoms with Gasteiger partial charge in [0.1, 0.15) is 24.0 Å². The van der Waals surface area contributed by atoms with Gasteiger partial charge in [-0.25, -0.2) is 4.98 Å². The minimum absolute atomic E-state index is 0.369. The van der Waals surface area contributed by atoms with Gasteiger partial charge in [-0.05, 0) is 24.3 Å². The van der Waals surface area contributed by atoms with E-state index in [1.807, 2.05) is 25.2 Å². The third kappa shape index (κ3) is 2.32. The Balaban J connectivity index is 1.44. The molecule has 114 valence electrons. The Morgan fingerprint density at radius 3 is 2.87 bits per heavy atom. The van der Waals surface area contributed by atoms with Gasteiger partial charge in [0.25, 0.3) is 0 Å². The largest absolute Gasteiger partial charge is 0.353 e. The quantitative estimate of drug-likeness (QED) is 0.704. The molecule has 1 fully saturated rings. The number of nitriles is 1. The van der Waals surface area contributed by atoms with Crippen LogP contribution >= 0.6 is 0 Å². The average molecular weight is 306 g/mol. The molecule has 0 aliphatic carbocycles. The number of anilines is 2. The minimum Gasteiger partial charge on any atom is -0.353 e. The van der Waals surface area contributed by atoms with E-state index < -0.39 is 0 Å². The molecule has 0 saturated carbocycles. The third-order valence-electron chi connectivity index (χ3n) is 4.12. The van der Waals surface area contributed by atoms with Crippen molar-refractivity contribution in [2.45, 2.75) is 6.04 Å². The van der Waals surface area contributed by atoms with Gasteiger partial charge in [-0.1, -0.05) is 0 Å². The topological polar surface area (TPSA) is 86.2 Å². The first-order chi connectivity index (χ1) is 11.2. The van der Waals surface area contributed by atoms with E-state index in [0.717, 1.165) is 30.4 Å². The van der Waals surface area contributed by atoms with Crippen LogP contribution < -0.4 is 9.80 Å². The number of fused-ring (bicyclic) bond motifs is 1. The monoisotopic (exact) mass is 306 g/mol. The standard InChI is InChI=1S/C15H14N8/c1-21(13-3-2-11(6-16)7-17-13)12-8-22(9-12)15-5-4-14-19-18-10-23(14)20-15/h2-5,7,10,12H,8-9H2,1H3. The van der Waals surface area contributed by atoms with Crippen LogP contribution in [0.25, 0.3) is 5.65 Å². The maximum atomic E-state index is 8.83. The normalized spacial score (nSPS) is 14.5. The summed E-state index contributed by atoms with van der Waals surface area (Å²) in [6.07, 6.45) is 3.20. The Kier molecular flexibility index (Phi) is 3.05. The number of pyridine rings is 1. The predicted octanol–water partition coefficient (Wildman–Crippen LogP) is 0.716. The van der Waals surface area contributed by atoms with Crippen LogP contribution in [0, 0.1) is 11.3 Å². The Morgan fingerprint density at radius 1 is 1.26 bits per heavy atom. The summed E-state index contributed by atoms with van der Waals surface area (Å²) in [4.78, 5) is 8.67. The summed E-state index contributed by atoms with van der Waals surface area (Å²) in [6.45, 7) is 1.75. The SMILES string of the molecule is CN(c1ccc(C#N)cn1)C1CN(c2ccc3nncn3n2)C1. The molecule has 0 radical (unpaired) electrons. The van der Waals surface area contributed by atoms with Crippen LogP contribution in [0.1, 0.15) is 5.56 Å². The minimum atomic E-state index is 0.369. The Morgan fingerprint density at radius 2 is 2.13 bits per heavy atom. The number of nitrogens with zero attached hydrogens (tertiary/aromatic N) is 8. The van der Waals surface area contributed by atoms with Crippen LogP contribution in [0.15, 0.2) is 36.8 Å². The summed E-state index contributed by atoms with van der Waals surface area (Å²) in [5, 5.41) is 21.1. The van der Waals surface area contributed by atoms with Crippen molar-refractivity contribution in [1.82, 2.24) is 24.8 Å². The molecule has 3 aromatic heterocycles. The van der Waals surface area contributed by atoms with Gasteiger partial charge in [-0.3, -0.25) is 0 Å². The fourth-order valence-electron chi connectivity index (χ4n) is 2.62. The molecule has 0 spiro atoms. The third-order valence-corrected chi connectivity index (χ3v) is 4.12. The van der Waals surface area contributed by atoms with E-state index in [-0.39, 0.29) is 0 Å². The second-order valence-corrected chi connectivity index (χ2v) is 5.51. The molecule has 3 aromatic rings. The van der Waals surface area contributed by atoms with E-state index in [9.17, 15) is 0 Å².